The molecule has 1 aromatic carbocycles. The predicted octanol–water partition coefficient (Wildman–Crippen LogP) is 5.59. The van der Waals surface area contributed by atoms with Crippen molar-refractivity contribution in [2.45, 2.75) is 26.8 Å². The molecule has 96 valence electrons. The van der Waals surface area contributed by atoms with E-state index >= 15 is 0 Å². The molecular formula is C14H15Br2NO. The zero-order valence-corrected chi connectivity index (χ0v) is 13.7. The fourth-order valence-electron chi connectivity index (χ4n) is 1.99. The first-order valence-corrected chi connectivity index (χ1v) is 7.34. The minimum atomic E-state index is 0.134. The van der Waals surface area contributed by atoms with Gasteiger partial charge in [0, 0.05) is 10.2 Å². The summed E-state index contributed by atoms with van der Waals surface area (Å²) >= 11 is 6.83. The third-order valence-corrected chi connectivity index (χ3v) is 3.76. The average molecular weight is 373 g/mol. The first kappa shape index (κ1) is 13.7. The molecule has 0 aliphatic carbocycles. The van der Waals surface area contributed by atoms with E-state index in [9.17, 15) is 0 Å². The van der Waals surface area contributed by atoms with Crippen molar-refractivity contribution in [2.24, 2.45) is 0 Å². The lowest BCUT2D eigenvalue weighted by atomic mass is 10.1. The molecule has 0 saturated carbocycles. The number of furan rings is 1. The van der Waals surface area contributed by atoms with Crippen LogP contribution in [0.3, 0.4) is 0 Å². The summed E-state index contributed by atoms with van der Waals surface area (Å²) in [6.45, 7) is 6.29. The van der Waals surface area contributed by atoms with Gasteiger partial charge in [-0.25, -0.2) is 0 Å². The Labute approximate surface area is 124 Å². The van der Waals surface area contributed by atoms with Gasteiger partial charge < -0.3 is 9.73 Å². The lowest BCUT2D eigenvalue weighted by molar-refractivity contribution is 0.471. The molecule has 0 radical (unpaired) electrons. The molecule has 4 heteroatoms. The summed E-state index contributed by atoms with van der Waals surface area (Å²) in [5, 5.41) is 3.50. The van der Waals surface area contributed by atoms with Crippen LogP contribution in [0.5, 0.6) is 0 Å². The highest BCUT2D eigenvalue weighted by Gasteiger charge is 2.12. The van der Waals surface area contributed by atoms with Crippen molar-refractivity contribution in [1.29, 1.82) is 0 Å². The van der Waals surface area contributed by atoms with Crippen molar-refractivity contribution >= 4 is 37.5 Å². The summed E-state index contributed by atoms with van der Waals surface area (Å²) in [7, 11) is 0. The number of nitrogens with one attached hydrogen (secondary N) is 1. The smallest absolute Gasteiger partial charge is 0.169 e. The Morgan fingerprint density at radius 2 is 1.72 bits per heavy atom. The van der Waals surface area contributed by atoms with Crippen molar-refractivity contribution < 1.29 is 4.42 Å². The van der Waals surface area contributed by atoms with E-state index in [0.29, 0.717) is 0 Å². The van der Waals surface area contributed by atoms with Crippen molar-refractivity contribution in [3.63, 3.8) is 0 Å². The summed E-state index contributed by atoms with van der Waals surface area (Å²) in [5.41, 5.74) is 3.61. The molecule has 1 N–H and O–H groups in total. The highest BCUT2D eigenvalue weighted by atomic mass is 79.9. The van der Waals surface area contributed by atoms with Crippen LogP contribution in [0, 0.1) is 13.8 Å². The number of anilines is 1. The molecule has 18 heavy (non-hydrogen) atoms. The number of halogens is 2. The topological polar surface area (TPSA) is 25.2 Å². The lowest BCUT2D eigenvalue weighted by Gasteiger charge is -2.17. The summed E-state index contributed by atoms with van der Waals surface area (Å²) in [5.74, 6) is 0.920. The van der Waals surface area contributed by atoms with E-state index in [1.807, 2.05) is 12.1 Å². The largest absolute Gasteiger partial charge is 0.452 e. The van der Waals surface area contributed by atoms with Crippen LogP contribution < -0.4 is 5.32 Å². The normalized spacial score (nSPS) is 12.5. The van der Waals surface area contributed by atoms with Crippen LogP contribution in [0.1, 0.15) is 29.9 Å². The second kappa shape index (κ2) is 5.49. The molecular weight excluding hydrogens is 358 g/mol. The molecule has 1 atom stereocenters. The minimum absolute atomic E-state index is 0.134. The van der Waals surface area contributed by atoms with Crippen LogP contribution in [0.25, 0.3) is 0 Å². The van der Waals surface area contributed by atoms with Crippen molar-refractivity contribution in [3.8, 4) is 0 Å². The molecule has 0 bridgehead atoms. The number of hydrogen-bond acceptors (Lipinski definition) is 2. The Hall–Kier alpha value is -0.740. The van der Waals surface area contributed by atoms with Gasteiger partial charge in [0.25, 0.3) is 0 Å². The maximum atomic E-state index is 5.57. The number of aryl methyl sites for hydroxylation is 2. The molecule has 0 aliphatic rings. The maximum Gasteiger partial charge on any atom is 0.169 e. The van der Waals surface area contributed by atoms with Gasteiger partial charge >= 0.3 is 0 Å². The molecule has 0 fully saturated rings. The van der Waals surface area contributed by atoms with Gasteiger partial charge in [-0.15, -0.1) is 0 Å². The van der Waals surface area contributed by atoms with E-state index in [1.165, 1.54) is 16.8 Å². The number of hydrogen-bond donors (Lipinski definition) is 1. The Morgan fingerprint density at radius 1 is 1.11 bits per heavy atom. The van der Waals surface area contributed by atoms with Crippen molar-refractivity contribution in [2.75, 3.05) is 5.32 Å². The van der Waals surface area contributed by atoms with Crippen LogP contribution in [0.4, 0.5) is 5.69 Å². The quantitative estimate of drug-likeness (QED) is 0.759. The first-order chi connectivity index (χ1) is 8.47. The van der Waals surface area contributed by atoms with E-state index < -0.39 is 0 Å². The van der Waals surface area contributed by atoms with Gasteiger partial charge in [-0.3, -0.25) is 0 Å². The van der Waals surface area contributed by atoms with Crippen LogP contribution in [0.2, 0.25) is 0 Å². The van der Waals surface area contributed by atoms with Gasteiger partial charge in [0.05, 0.1) is 6.04 Å². The second-order valence-corrected chi connectivity index (χ2v) is 6.12. The Bertz CT molecular complexity index is 540. The van der Waals surface area contributed by atoms with E-state index in [1.54, 1.807) is 0 Å². The van der Waals surface area contributed by atoms with Crippen LogP contribution in [-0.2, 0) is 0 Å². The van der Waals surface area contributed by atoms with Gasteiger partial charge in [-0.1, -0.05) is 15.9 Å². The van der Waals surface area contributed by atoms with E-state index in [-0.39, 0.29) is 6.04 Å². The van der Waals surface area contributed by atoms with E-state index in [2.05, 4.69) is 70.1 Å². The molecule has 2 rings (SSSR count). The standard InChI is InChI=1S/C14H15Br2NO/c1-8-6-11(15)7-9(2)14(8)17-10(3)12-4-5-13(16)18-12/h4-7,10,17H,1-3H3. The number of rotatable bonds is 3. The Kier molecular flexibility index (Phi) is 4.17. The second-order valence-electron chi connectivity index (χ2n) is 4.42. The Balaban J connectivity index is 2.24. The zero-order valence-electron chi connectivity index (χ0n) is 10.6. The predicted molar refractivity (Wildman–Crippen MR) is 82.1 cm³/mol. The third kappa shape index (κ3) is 2.98. The van der Waals surface area contributed by atoms with Crippen LogP contribution in [-0.4, -0.2) is 0 Å². The monoisotopic (exact) mass is 371 g/mol. The lowest BCUT2D eigenvalue weighted by Crippen LogP contribution is -2.08. The van der Waals surface area contributed by atoms with E-state index in [4.69, 9.17) is 4.42 Å². The molecule has 1 aromatic heterocycles. The molecule has 2 aromatic rings. The summed E-state index contributed by atoms with van der Waals surface area (Å²) < 4.78 is 7.43. The minimum Gasteiger partial charge on any atom is -0.452 e. The van der Waals surface area contributed by atoms with Gasteiger partial charge in [0.15, 0.2) is 4.67 Å². The van der Waals surface area contributed by atoms with Crippen molar-refractivity contribution in [3.05, 3.63) is 50.3 Å². The molecule has 0 aliphatic heterocycles. The molecule has 2 nitrogen and oxygen atoms in total. The summed E-state index contributed by atoms with van der Waals surface area (Å²) in [6.07, 6.45) is 0. The van der Waals surface area contributed by atoms with Gasteiger partial charge in [0.1, 0.15) is 5.76 Å². The summed E-state index contributed by atoms with van der Waals surface area (Å²) in [6, 6.07) is 8.25. The average Bonchev–Trinajstić information content (AvgIpc) is 2.70. The molecule has 0 amide bonds. The fourth-order valence-corrected chi connectivity index (χ4v) is 2.99. The van der Waals surface area contributed by atoms with Gasteiger partial charge in [0.2, 0.25) is 0 Å². The SMILES string of the molecule is Cc1cc(Br)cc(C)c1NC(C)c1ccc(Br)o1. The maximum absolute atomic E-state index is 5.57. The van der Waals surface area contributed by atoms with Crippen LogP contribution >= 0.6 is 31.9 Å². The highest BCUT2D eigenvalue weighted by Crippen LogP contribution is 2.29. The van der Waals surface area contributed by atoms with Gasteiger partial charge in [-0.05, 0) is 72.1 Å². The molecule has 1 heterocycles. The van der Waals surface area contributed by atoms with Crippen LogP contribution in [0.15, 0.2) is 37.8 Å². The number of benzene rings is 1. The van der Waals surface area contributed by atoms with Crippen molar-refractivity contribution in [1.82, 2.24) is 0 Å². The first-order valence-electron chi connectivity index (χ1n) is 5.76. The molecule has 1 unspecified atom stereocenters. The zero-order chi connectivity index (χ0) is 13.3. The third-order valence-electron chi connectivity index (χ3n) is 2.88. The Morgan fingerprint density at radius 3 is 2.22 bits per heavy atom. The molecule has 0 spiro atoms. The molecule has 0 saturated heterocycles. The highest BCUT2D eigenvalue weighted by molar-refractivity contribution is 9.10. The van der Waals surface area contributed by atoms with Gasteiger partial charge in [-0.2, -0.15) is 0 Å². The summed E-state index contributed by atoms with van der Waals surface area (Å²) in [4.78, 5) is 0. The van der Waals surface area contributed by atoms with E-state index in [0.717, 1.165) is 14.9 Å². The fraction of sp³-hybridized carbons (Fsp3) is 0.286.